The van der Waals surface area contributed by atoms with Crippen molar-refractivity contribution in [3.8, 4) is 5.75 Å². The van der Waals surface area contributed by atoms with Crippen LogP contribution in [0.25, 0.3) is 0 Å². The Morgan fingerprint density at radius 3 is 2.83 bits per heavy atom. The Bertz CT molecular complexity index is 405. The molecule has 1 saturated carbocycles. The second-order valence-corrected chi connectivity index (χ2v) is 5.45. The van der Waals surface area contributed by atoms with E-state index >= 15 is 0 Å². The summed E-state index contributed by atoms with van der Waals surface area (Å²) in [6.07, 6.45) is 2.99. The van der Waals surface area contributed by atoms with Gasteiger partial charge in [0.1, 0.15) is 5.75 Å². The summed E-state index contributed by atoms with van der Waals surface area (Å²) in [6, 6.07) is 5.77. The first-order chi connectivity index (χ1) is 8.58. The van der Waals surface area contributed by atoms with Crippen molar-refractivity contribution in [2.45, 2.75) is 45.3 Å². The van der Waals surface area contributed by atoms with E-state index in [4.69, 9.17) is 0 Å². The molecule has 1 aromatic rings. The maximum atomic E-state index is 9.86. The summed E-state index contributed by atoms with van der Waals surface area (Å²) in [7, 11) is 0. The fourth-order valence-electron chi connectivity index (χ4n) is 2.71. The molecular weight excluding hydrogens is 226 g/mol. The first-order valence-corrected chi connectivity index (χ1v) is 6.79. The number of benzene rings is 1. The molecule has 0 spiro atoms. The Balaban J connectivity index is 1.94. The van der Waals surface area contributed by atoms with Crippen LogP contribution in [0, 0.1) is 12.8 Å². The van der Waals surface area contributed by atoms with Gasteiger partial charge < -0.3 is 15.5 Å². The van der Waals surface area contributed by atoms with Crippen LogP contribution in [0.15, 0.2) is 18.2 Å². The molecule has 3 nitrogen and oxygen atoms in total. The first-order valence-electron chi connectivity index (χ1n) is 6.79. The van der Waals surface area contributed by atoms with Crippen molar-refractivity contribution >= 4 is 0 Å². The fourth-order valence-corrected chi connectivity index (χ4v) is 2.71. The number of aryl methyl sites for hydroxylation is 1. The van der Waals surface area contributed by atoms with Crippen molar-refractivity contribution in [3.63, 3.8) is 0 Å². The number of aromatic hydroxyl groups is 1. The van der Waals surface area contributed by atoms with Crippen LogP contribution in [0.2, 0.25) is 0 Å². The molecule has 1 fully saturated rings. The second kappa shape index (κ2) is 5.72. The zero-order valence-electron chi connectivity index (χ0n) is 11.2. The van der Waals surface area contributed by atoms with Crippen molar-refractivity contribution < 1.29 is 10.2 Å². The number of hydrogen-bond donors (Lipinski definition) is 3. The molecule has 1 aromatic carbocycles. The molecule has 0 amide bonds. The summed E-state index contributed by atoms with van der Waals surface area (Å²) >= 11 is 0. The lowest BCUT2D eigenvalue weighted by atomic mass is 10.0. The minimum atomic E-state index is -0.157. The van der Waals surface area contributed by atoms with E-state index in [1.165, 1.54) is 0 Å². The quantitative estimate of drug-likeness (QED) is 0.768. The lowest BCUT2D eigenvalue weighted by Gasteiger charge is -2.20. The number of phenolic OH excluding ortho intramolecular Hbond substituents is 1. The second-order valence-electron chi connectivity index (χ2n) is 5.45. The Kier molecular flexibility index (Phi) is 4.25. The van der Waals surface area contributed by atoms with Crippen LogP contribution in [0.5, 0.6) is 5.75 Å². The predicted molar refractivity (Wildman–Crippen MR) is 72.6 cm³/mol. The highest BCUT2D eigenvalue weighted by molar-refractivity contribution is 5.37. The van der Waals surface area contributed by atoms with Gasteiger partial charge in [0.2, 0.25) is 0 Å². The van der Waals surface area contributed by atoms with Crippen LogP contribution < -0.4 is 5.32 Å². The summed E-state index contributed by atoms with van der Waals surface area (Å²) < 4.78 is 0. The van der Waals surface area contributed by atoms with Gasteiger partial charge in [-0.2, -0.15) is 0 Å². The molecule has 0 heterocycles. The summed E-state index contributed by atoms with van der Waals surface area (Å²) in [4.78, 5) is 0. The normalized spacial score (nSPS) is 25.3. The van der Waals surface area contributed by atoms with Crippen molar-refractivity contribution in [2.75, 3.05) is 6.54 Å². The van der Waals surface area contributed by atoms with Crippen LogP contribution in [-0.4, -0.2) is 22.9 Å². The maximum absolute atomic E-state index is 9.86. The van der Waals surface area contributed by atoms with Crippen molar-refractivity contribution in [1.82, 2.24) is 5.32 Å². The molecule has 3 atom stereocenters. The van der Waals surface area contributed by atoms with Gasteiger partial charge in [-0.25, -0.2) is 0 Å². The smallest absolute Gasteiger partial charge is 0.120 e. The van der Waals surface area contributed by atoms with Crippen molar-refractivity contribution in [2.24, 2.45) is 5.92 Å². The Labute approximate surface area is 109 Å². The third-order valence-corrected chi connectivity index (χ3v) is 3.95. The minimum absolute atomic E-state index is 0.109. The molecule has 0 saturated heterocycles. The molecule has 0 bridgehead atoms. The van der Waals surface area contributed by atoms with Gasteiger partial charge >= 0.3 is 0 Å². The van der Waals surface area contributed by atoms with E-state index in [9.17, 15) is 10.2 Å². The summed E-state index contributed by atoms with van der Waals surface area (Å²) in [5, 5.41) is 23.1. The van der Waals surface area contributed by atoms with Gasteiger partial charge in [0.15, 0.2) is 0 Å². The number of aliphatic hydroxyl groups is 1. The molecule has 100 valence electrons. The molecule has 0 radical (unpaired) electrons. The van der Waals surface area contributed by atoms with E-state index in [-0.39, 0.29) is 12.1 Å². The van der Waals surface area contributed by atoms with E-state index in [2.05, 4.69) is 12.2 Å². The van der Waals surface area contributed by atoms with Crippen molar-refractivity contribution in [1.29, 1.82) is 0 Å². The van der Waals surface area contributed by atoms with Gasteiger partial charge in [-0.1, -0.05) is 24.1 Å². The molecule has 3 heteroatoms. The summed E-state index contributed by atoms with van der Waals surface area (Å²) in [5.41, 5.74) is 2.08. The molecule has 1 aliphatic rings. The highest BCUT2D eigenvalue weighted by Gasteiger charge is 2.25. The summed E-state index contributed by atoms with van der Waals surface area (Å²) in [5.74, 6) is 0.701. The predicted octanol–water partition coefficient (Wildman–Crippen LogP) is 2.51. The molecule has 18 heavy (non-hydrogen) atoms. The van der Waals surface area contributed by atoms with Crippen LogP contribution in [-0.2, 0) is 0 Å². The number of nitrogens with one attached hydrogen (secondary N) is 1. The van der Waals surface area contributed by atoms with Crippen LogP contribution in [0.4, 0.5) is 0 Å². The van der Waals surface area contributed by atoms with Crippen molar-refractivity contribution in [3.05, 3.63) is 29.3 Å². The maximum Gasteiger partial charge on any atom is 0.120 e. The van der Waals surface area contributed by atoms with Gasteiger partial charge in [0.25, 0.3) is 0 Å². The Hall–Kier alpha value is -1.06. The topological polar surface area (TPSA) is 52.5 Å². The molecule has 3 N–H and O–H groups in total. The highest BCUT2D eigenvalue weighted by atomic mass is 16.3. The largest absolute Gasteiger partial charge is 0.508 e. The average Bonchev–Trinajstić information content (AvgIpc) is 2.75. The van der Waals surface area contributed by atoms with E-state index < -0.39 is 0 Å². The molecule has 0 aliphatic heterocycles. The Morgan fingerprint density at radius 2 is 2.17 bits per heavy atom. The van der Waals surface area contributed by atoms with E-state index in [1.807, 2.05) is 19.1 Å². The lowest BCUT2D eigenvalue weighted by molar-refractivity contribution is 0.130. The van der Waals surface area contributed by atoms with Gasteiger partial charge in [0, 0.05) is 18.2 Å². The van der Waals surface area contributed by atoms with Gasteiger partial charge in [-0.3, -0.25) is 0 Å². The third-order valence-electron chi connectivity index (χ3n) is 3.95. The van der Waals surface area contributed by atoms with Gasteiger partial charge in [-0.15, -0.1) is 0 Å². The van der Waals surface area contributed by atoms with Gasteiger partial charge in [-0.05, 0) is 38.7 Å². The minimum Gasteiger partial charge on any atom is -0.508 e. The van der Waals surface area contributed by atoms with Gasteiger partial charge in [0.05, 0.1) is 6.10 Å². The van der Waals surface area contributed by atoms with Crippen LogP contribution in [0.3, 0.4) is 0 Å². The number of rotatable bonds is 4. The monoisotopic (exact) mass is 249 g/mol. The first kappa shape index (κ1) is 13.4. The number of hydrogen-bond acceptors (Lipinski definition) is 3. The fraction of sp³-hybridized carbons (Fsp3) is 0.600. The lowest BCUT2D eigenvalue weighted by Crippen LogP contribution is -2.29. The molecule has 3 unspecified atom stereocenters. The zero-order chi connectivity index (χ0) is 13.1. The Morgan fingerprint density at radius 1 is 1.39 bits per heavy atom. The van der Waals surface area contributed by atoms with E-state index in [1.54, 1.807) is 6.07 Å². The standard InChI is InChI=1S/C15H23NO2/c1-10-6-7-15(18)13(8-10)11(2)16-9-12-4-3-5-14(12)17/h6-8,11-12,14,16-18H,3-5,9H2,1-2H3. The number of phenols is 1. The highest BCUT2D eigenvalue weighted by Crippen LogP contribution is 2.28. The molecule has 0 aromatic heterocycles. The molecule has 1 aliphatic carbocycles. The zero-order valence-corrected chi connectivity index (χ0v) is 11.2. The van der Waals surface area contributed by atoms with E-state index in [0.717, 1.165) is 36.9 Å². The average molecular weight is 249 g/mol. The summed E-state index contributed by atoms with van der Waals surface area (Å²) in [6.45, 7) is 4.89. The van der Waals surface area contributed by atoms with Crippen LogP contribution >= 0.6 is 0 Å². The number of aliphatic hydroxyl groups excluding tert-OH is 1. The van der Waals surface area contributed by atoms with Crippen LogP contribution in [0.1, 0.15) is 43.4 Å². The molecular formula is C15H23NO2. The molecule has 2 rings (SSSR count). The SMILES string of the molecule is Cc1ccc(O)c(C(C)NCC2CCCC2O)c1. The third kappa shape index (κ3) is 3.03. The van der Waals surface area contributed by atoms with E-state index in [0.29, 0.717) is 11.7 Å².